The van der Waals surface area contributed by atoms with E-state index < -0.39 is 5.60 Å². The van der Waals surface area contributed by atoms with Gasteiger partial charge >= 0.3 is 6.09 Å². The lowest BCUT2D eigenvalue weighted by Gasteiger charge is -2.27. The van der Waals surface area contributed by atoms with E-state index in [4.69, 9.17) is 4.74 Å². The van der Waals surface area contributed by atoms with Crippen LogP contribution in [0, 0.1) is 0 Å². The Morgan fingerprint density at radius 1 is 1.50 bits per heavy atom. The molecule has 4 heteroatoms. The summed E-state index contributed by atoms with van der Waals surface area (Å²) in [4.78, 5) is 11.8. The molecule has 1 rings (SSSR count). The van der Waals surface area contributed by atoms with Gasteiger partial charge in [-0.05, 0) is 46.6 Å². The van der Waals surface area contributed by atoms with E-state index >= 15 is 0 Å². The molecule has 1 saturated heterocycles. The van der Waals surface area contributed by atoms with Crippen molar-refractivity contribution in [2.45, 2.75) is 77.5 Å². The molecule has 1 fully saturated rings. The number of hydrogen-bond donors (Lipinski definition) is 2. The van der Waals surface area contributed by atoms with Crippen LogP contribution in [0.3, 0.4) is 0 Å². The topological polar surface area (TPSA) is 50.4 Å². The maximum absolute atomic E-state index is 11.8. The Balaban J connectivity index is 2.46. The van der Waals surface area contributed by atoms with Crippen LogP contribution < -0.4 is 10.6 Å². The highest BCUT2D eigenvalue weighted by molar-refractivity contribution is 5.68. The first-order valence-electron chi connectivity index (χ1n) is 7.15. The Hall–Kier alpha value is -0.770. The van der Waals surface area contributed by atoms with Gasteiger partial charge in [0.05, 0.1) is 0 Å². The van der Waals surface area contributed by atoms with Crippen LogP contribution in [0.15, 0.2) is 0 Å². The quantitative estimate of drug-likeness (QED) is 0.795. The Kier molecular flexibility index (Phi) is 5.93. The van der Waals surface area contributed by atoms with Crippen molar-refractivity contribution in [2.75, 3.05) is 6.54 Å². The van der Waals surface area contributed by atoms with E-state index in [9.17, 15) is 4.79 Å². The molecule has 0 aromatic carbocycles. The lowest BCUT2D eigenvalue weighted by molar-refractivity contribution is 0.0490. The van der Waals surface area contributed by atoms with E-state index in [2.05, 4.69) is 17.6 Å². The van der Waals surface area contributed by atoms with Gasteiger partial charge < -0.3 is 15.4 Å². The van der Waals surface area contributed by atoms with Crippen molar-refractivity contribution in [2.24, 2.45) is 0 Å². The van der Waals surface area contributed by atoms with E-state index in [1.54, 1.807) is 0 Å². The van der Waals surface area contributed by atoms with Crippen LogP contribution in [0.1, 0.15) is 59.8 Å². The fourth-order valence-corrected chi connectivity index (χ4v) is 2.31. The van der Waals surface area contributed by atoms with Gasteiger partial charge in [0.25, 0.3) is 0 Å². The largest absolute Gasteiger partial charge is 0.444 e. The predicted octanol–water partition coefficient (Wildman–Crippen LogP) is 2.82. The van der Waals surface area contributed by atoms with Gasteiger partial charge in [0.1, 0.15) is 5.60 Å². The molecule has 2 atom stereocenters. The molecule has 2 unspecified atom stereocenters. The van der Waals surface area contributed by atoms with Gasteiger partial charge in [0, 0.05) is 12.1 Å². The summed E-state index contributed by atoms with van der Waals surface area (Å²) in [5.74, 6) is 0. The van der Waals surface area contributed by atoms with Gasteiger partial charge in [0.15, 0.2) is 0 Å². The zero-order valence-electron chi connectivity index (χ0n) is 12.2. The van der Waals surface area contributed by atoms with Crippen molar-refractivity contribution in [3.05, 3.63) is 0 Å². The molecule has 1 aliphatic rings. The number of ether oxygens (including phenoxy) is 1. The average molecular weight is 256 g/mol. The van der Waals surface area contributed by atoms with Crippen LogP contribution in [-0.4, -0.2) is 30.3 Å². The van der Waals surface area contributed by atoms with E-state index in [1.807, 2.05) is 20.8 Å². The highest BCUT2D eigenvalue weighted by Crippen LogP contribution is 2.15. The molecule has 0 spiro atoms. The van der Waals surface area contributed by atoms with E-state index in [0.717, 1.165) is 32.2 Å². The number of carbonyl (C=O) groups is 1. The second-order valence-electron chi connectivity index (χ2n) is 6.10. The van der Waals surface area contributed by atoms with Crippen LogP contribution in [0.5, 0.6) is 0 Å². The van der Waals surface area contributed by atoms with Gasteiger partial charge in [-0.2, -0.15) is 0 Å². The molecule has 1 heterocycles. The van der Waals surface area contributed by atoms with Crippen LogP contribution >= 0.6 is 0 Å². The smallest absolute Gasteiger partial charge is 0.407 e. The van der Waals surface area contributed by atoms with Gasteiger partial charge in [0.2, 0.25) is 0 Å². The predicted molar refractivity (Wildman–Crippen MR) is 73.7 cm³/mol. The summed E-state index contributed by atoms with van der Waals surface area (Å²) < 4.78 is 5.33. The van der Waals surface area contributed by atoms with Crippen LogP contribution in [0.4, 0.5) is 4.79 Å². The lowest BCUT2D eigenvalue weighted by atomic mass is 10.0. The molecule has 0 radical (unpaired) electrons. The number of carbonyl (C=O) groups excluding carboxylic acids is 1. The molecule has 0 aromatic heterocycles. The van der Waals surface area contributed by atoms with Crippen LogP contribution in [0.2, 0.25) is 0 Å². The fourth-order valence-electron chi connectivity index (χ4n) is 2.31. The molecule has 0 saturated carbocycles. The van der Waals surface area contributed by atoms with Gasteiger partial charge in [-0.15, -0.1) is 0 Å². The summed E-state index contributed by atoms with van der Waals surface area (Å²) in [6.07, 6.45) is 5.36. The first-order valence-corrected chi connectivity index (χ1v) is 7.15. The number of hydrogen-bond acceptors (Lipinski definition) is 3. The van der Waals surface area contributed by atoms with Crippen LogP contribution in [-0.2, 0) is 4.74 Å². The molecular formula is C14H28N2O2. The molecule has 0 aliphatic carbocycles. The minimum absolute atomic E-state index is 0.197. The molecular weight excluding hydrogens is 228 g/mol. The maximum Gasteiger partial charge on any atom is 0.407 e. The van der Waals surface area contributed by atoms with Gasteiger partial charge in [-0.3, -0.25) is 0 Å². The second-order valence-corrected chi connectivity index (χ2v) is 6.10. The standard InChI is InChI=1S/C14H28N2O2/c1-5-6-8-12(11-9-7-10-15-11)16-13(17)18-14(2,3)4/h11-12,15H,5-10H2,1-4H3,(H,16,17). The van der Waals surface area contributed by atoms with Crippen molar-refractivity contribution < 1.29 is 9.53 Å². The Morgan fingerprint density at radius 3 is 2.72 bits per heavy atom. The highest BCUT2D eigenvalue weighted by atomic mass is 16.6. The molecule has 18 heavy (non-hydrogen) atoms. The summed E-state index contributed by atoms with van der Waals surface area (Å²) in [5.41, 5.74) is -0.428. The zero-order chi connectivity index (χ0) is 13.6. The van der Waals surface area contributed by atoms with Crippen molar-refractivity contribution in [3.63, 3.8) is 0 Å². The number of alkyl carbamates (subject to hydrolysis) is 1. The van der Waals surface area contributed by atoms with E-state index in [-0.39, 0.29) is 12.1 Å². The summed E-state index contributed by atoms with van der Waals surface area (Å²) in [6.45, 7) is 8.90. The number of unbranched alkanes of at least 4 members (excludes halogenated alkanes) is 1. The molecule has 1 amide bonds. The first-order chi connectivity index (χ1) is 8.42. The van der Waals surface area contributed by atoms with Crippen LogP contribution in [0.25, 0.3) is 0 Å². The Morgan fingerprint density at radius 2 is 2.22 bits per heavy atom. The first kappa shape index (κ1) is 15.3. The molecule has 2 N–H and O–H groups in total. The third-order valence-corrected chi connectivity index (χ3v) is 3.15. The minimum atomic E-state index is -0.428. The van der Waals surface area contributed by atoms with E-state index in [0.29, 0.717) is 6.04 Å². The third kappa shape index (κ3) is 5.71. The Labute approximate surface area is 111 Å². The highest BCUT2D eigenvalue weighted by Gasteiger charge is 2.27. The molecule has 4 nitrogen and oxygen atoms in total. The molecule has 0 bridgehead atoms. The van der Waals surface area contributed by atoms with Crippen molar-refractivity contribution in [3.8, 4) is 0 Å². The summed E-state index contributed by atoms with van der Waals surface area (Å²) >= 11 is 0. The summed E-state index contributed by atoms with van der Waals surface area (Å²) in [7, 11) is 0. The average Bonchev–Trinajstić information content (AvgIpc) is 2.74. The summed E-state index contributed by atoms with van der Waals surface area (Å²) in [6, 6.07) is 0.603. The normalized spacial score (nSPS) is 21.7. The maximum atomic E-state index is 11.8. The molecule has 0 aromatic rings. The fraction of sp³-hybridized carbons (Fsp3) is 0.929. The Bertz CT molecular complexity index is 255. The van der Waals surface area contributed by atoms with Crippen molar-refractivity contribution in [1.29, 1.82) is 0 Å². The minimum Gasteiger partial charge on any atom is -0.444 e. The third-order valence-electron chi connectivity index (χ3n) is 3.15. The van der Waals surface area contributed by atoms with E-state index in [1.165, 1.54) is 6.42 Å². The number of amides is 1. The number of rotatable bonds is 5. The zero-order valence-corrected chi connectivity index (χ0v) is 12.2. The monoisotopic (exact) mass is 256 g/mol. The molecule has 1 aliphatic heterocycles. The van der Waals surface area contributed by atoms with Crippen molar-refractivity contribution >= 4 is 6.09 Å². The van der Waals surface area contributed by atoms with Gasteiger partial charge in [-0.25, -0.2) is 4.79 Å². The van der Waals surface area contributed by atoms with Gasteiger partial charge in [-0.1, -0.05) is 19.8 Å². The molecule has 106 valence electrons. The number of nitrogens with one attached hydrogen (secondary N) is 2. The van der Waals surface area contributed by atoms with Crippen molar-refractivity contribution in [1.82, 2.24) is 10.6 Å². The second kappa shape index (κ2) is 6.98. The SMILES string of the molecule is CCCCC(NC(=O)OC(C)(C)C)C1CCCN1. The summed E-state index contributed by atoms with van der Waals surface area (Å²) in [5, 5.41) is 6.49. The lowest BCUT2D eigenvalue weighted by Crippen LogP contribution is -2.48.